The molecule has 3 unspecified atom stereocenters. The first-order valence-corrected chi connectivity index (χ1v) is 24.6. The molecule has 364 valence electrons. The van der Waals surface area contributed by atoms with Crippen LogP contribution in [-0.2, 0) is 32.7 Å². The molecule has 1 aliphatic carbocycles. The predicted molar refractivity (Wildman–Crippen MR) is 250 cm³/mol. The number of rotatable bonds is 36. The zero-order valence-electron chi connectivity index (χ0n) is 38.1. The third-order valence-electron chi connectivity index (χ3n) is 9.97. The van der Waals surface area contributed by atoms with Gasteiger partial charge in [-0.3, -0.25) is 18.6 Å². The number of carbonyl (C=O) groups is 2. The van der Waals surface area contributed by atoms with Gasteiger partial charge in [-0.05, 0) is 83.5 Å². The van der Waals surface area contributed by atoms with Crippen molar-refractivity contribution in [1.82, 2.24) is 0 Å². The monoisotopic (exact) mass is 923 g/mol. The van der Waals surface area contributed by atoms with Crippen LogP contribution in [0.5, 0.6) is 0 Å². The fourth-order valence-electron chi connectivity index (χ4n) is 6.17. The number of unbranched alkanes of at least 4 members (excludes halogenated alkanes) is 6. The van der Waals surface area contributed by atoms with Gasteiger partial charge < -0.3 is 45.0 Å². The molecule has 1 fully saturated rings. The molecule has 0 aromatic rings. The zero-order valence-corrected chi connectivity index (χ0v) is 39.0. The van der Waals surface area contributed by atoms with Crippen LogP contribution < -0.4 is 0 Å². The molecule has 1 rings (SSSR count). The molecule has 64 heavy (non-hydrogen) atoms. The molecule has 0 aromatic carbocycles. The Labute approximate surface area is 382 Å². The maximum absolute atomic E-state index is 12.8. The van der Waals surface area contributed by atoms with Gasteiger partial charge in [-0.1, -0.05) is 137 Å². The number of aliphatic hydroxyl groups is 6. The number of esters is 2. The van der Waals surface area contributed by atoms with Crippen molar-refractivity contribution in [1.29, 1.82) is 0 Å². The number of phosphoric ester groups is 1. The average Bonchev–Trinajstić information content (AvgIpc) is 3.27. The number of ether oxygens (including phenoxy) is 2. The standard InChI is InChI=1S/C49H79O14P/c1-3-5-7-8-9-10-11-12-13-14-15-16-20-23-26-29-32-36-42(51)60-38-41(39-61-64(58,59)63-49-47(56)45(54)44(53)46(55)48(49)57)62-43(52)37-33-30-27-24-21-18-17-19-22-25-28-31-35-40(50)34-6-4-2/h9-10,12-13,15-18,22-27,31,35,40-41,44-50,53-57H,3-8,11,14,19-21,28-30,32-34,36-39H2,1-2H3,(H,58,59)/b10-9-,13-12-,16-15-,18-17-,25-22-,26-23-,27-24-,35-31-/t40-,41-,44?,45-,46+,47-,48-,49?/m1/s1. The van der Waals surface area contributed by atoms with E-state index >= 15 is 0 Å². The molecule has 0 spiro atoms. The molecule has 14 nitrogen and oxygen atoms in total. The van der Waals surface area contributed by atoms with Gasteiger partial charge in [-0.15, -0.1) is 0 Å². The summed E-state index contributed by atoms with van der Waals surface area (Å²) in [6, 6.07) is 0. The summed E-state index contributed by atoms with van der Waals surface area (Å²) in [4.78, 5) is 35.7. The number of hydrogen-bond donors (Lipinski definition) is 7. The Morgan fingerprint density at radius 2 is 0.969 bits per heavy atom. The highest BCUT2D eigenvalue weighted by Gasteiger charge is 2.51. The molecule has 0 bridgehead atoms. The lowest BCUT2D eigenvalue weighted by molar-refractivity contribution is -0.220. The molecule has 9 atom stereocenters. The minimum Gasteiger partial charge on any atom is -0.462 e. The molecule has 1 saturated carbocycles. The summed E-state index contributed by atoms with van der Waals surface area (Å²) in [6.45, 7) is 3.00. The Kier molecular flexibility index (Phi) is 34.8. The molecule has 0 saturated heterocycles. The van der Waals surface area contributed by atoms with Crippen molar-refractivity contribution in [2.24, 2.45) is 0 Å². The highest BCUT2D eigenvalue weighted by atomic mass is 31.2. The van der Waals surface area contributed by atoms with Crippen LogP contribution in [0.4, 0.5) is 0 Å². The second-order valence-electron chi connectivity index (χ2n) is 15.7. The van der Waals surface area contributed by atoms with Crippen LogP contribution in [0.1, 0.15) is 136 Å². The number of allylic oxidation sites excluding steroid dienone is 15. The van der Waals surface area contributed by atoms with Gasteiger partial charge in [0.2, 0.25) is 0 Å². The van der Waals surface area contributed by atoms with E-state index in [-0.39, 0.29) is 18.9 Å². The minimum absolute atomic E-state index is 0.0135. The summed E-state index contributed by atoms with van der Waals surface area (Å²) in [5.74, 6) is -1.26. The van der Waals surface area contributed by atoms with E-state index in [2.05, 4.69) is 62.5 Å². The van der Waals surface area contributed by atoms with E-state index in [0.29, 0.717) is 32.1 Å². The van der Waals surface area contributed by atoms with Crippen LogP contribution in [0.25, 0.3) is 0 Å². The summed E-state index contributed by atoms with van der Waals surface area (Å²) in [6.07, 6.45) is 33.7. The van der Waals surface area contributed by atoms with E-state index < -0.39 is 75.7 Å². The summed E-state index contributed by atoms with van der Waals surface area (Å²) in [5, 5.41) is 60.0. The largest absolute Gasteiger partial charge is 0.472 e. The molecule has 15 heteroatoms. The third-order valence-corrected chi connectivity index (χ3v) is 11.0. The van der Waals surface area contributed by atoms with E-state index in [4.69, 9.17) is 18.5 Å². The fourth-order valence-corrected chi connectivity index (χ4v) is 7.14. The van der Waals surface area contributed by atoms with Crippen LogP contribution >= 0.6 is 7.82 Å². The van der Waals surface area contributed by atoms with Gasteiger partial charge in [0.15, 0.2) is 6.10 Å². The second kappa shape index (κ2) is 37.9. The topological polar surface area (TPSA) is 230 Å². The van der Waals surface area contributed by atoms with Crippen molar-refractivity contribution in [2.75, 3.05) is 13.2 Å². The van der Waals surface area contributed by atoms with Crippen LogP contribution in [0.15, 0.2) is 97.2 Å². The third kappa shape index (κ3) is 30.0. The van der Waals surface area contributed by atoms with E-state index in [1.807, 2.05) is 48.6 Å². The molecule has 0 aromatic heterocycles. The number of aliphatic hydroxyl groups excluding tert-OH is 6. The molecule has 0 heterocycles. The second-order valence-corrected chi connectivity index (χ2v) is 17.1. The maximum Gasteiger partial charge on any atom is 0.472 e. The van der Waals surface area contributed by atoms with E-state index in [1.165, 1.54) is 19.3 Å². The van der Waals surface area contributed by atoms with Crippen molar-refractivity contribution in [3.63, 3.8) is 0 Å². The van der Waals surface area contributed by atoms with Gasteiger partial charge in [-0.25, -0.2) is 4.57 Å². The van der Waals surface area contributed by atoms with Gasteiger partial charge in [0, 0.05) is 12.8 Å². The molecule has 0 amide bonds. The Bertz CT molecular complexity index is 1500. The summed E-state index contributed by atoms with van der Waals surface area (Å²) in [7, 11) is -5.16. The lowest BCUT2D eigenvalue weighted by Crippen LogP contribution is -2.64. The SMILES string of the molecule is CCCCC/C=C\C/C=C\C/C=C\C/C=C\CCCC(=O)OC[C@H](COP(=O)(O)OC1[C@H](O)[C@H](O)C(O)[C@H](O)[C@H]1O)OC(=O)CCC/C=C\C/C=C\C/C=C\C/C=C\[C@H](O)CCCC. The van der Waals surface area contributed by atoms with E-state index in [0.717, 1.165) is 57.8 Å². The number of carbonyl (C=O) groups excluding carboxylic acids is 2. The first-order chi connectivity index (χ1) is 30.8. The Hall–Kier alpha value is -3.27. The van der Waals surface area contributed by atoms with Crippen molar-refractivity contribution in [3.8, 4) is 0 Å². The molecular weight excluding hydrogens is 843 g/mol. The molecule has 0 radical (unpaired) electrons. The molecular formula is C49H79O14P. The van der Waals surface area contributed by atoms with Crippen molar-refractivity contribution in [3.05, 3.63) is 97.2 Å². The zero-order chi connectivity index (χ0) is 47.3. The van der Waals surface area contributed by atoms with Crippen molar-refractivity contribution >= 4 is 19.8 Å². The first kappa shape index (κ1) is 58.7. The van der Waals surface area contributed by atoms with E-state index in [9.17, 15) is 49.7 Å². The minimum atomic E-state index is -5.16. The van der Waals surface area contributed by atoms with Gasteiger partial charge >= 0.3 is 19.8 Å². The molecule has 0 aliphatic heterocycles. The average molecular weight is 923 g/mol. The smallest absolute Gasteiger partial charge is 0.462 e. The lowest BCUT2D eigenvalue weighted by Gasteiger charge is -2.41. The lowest BCUT2D eigenvalue weighted by atomic mass is 9.85. The predicted octanol–water partition coefficient (Wildman–Crippen LogP) is 8.02. The van der Waals surface area contributed by atoms with Crippen LogP contribution in [0, 0.1) is 0 Å². The highest BCUT2D eigenvalue weighted by Crippen LogP contribution is 2.47. The Morgan fingerprint density at radius 3 is 1.45 bits per heavy atom. The van der Waals surface area contributed by atoms with Crippen molar-refractivity contribution < 1.29 is 68.2 Å². The van der Waals surface area contributed by atoms with Gasteiger partial charge in [0.25, 0.3) is 0 Å². The Morgan fingerprint density at radius 1 is 0.547 bits per heavy atom. The molecule has 7 N–H and O–H groups in total. The summed E-state index contributed by atoms with van der Waals surface area (Å²) in [5.41, 5.74) is 0. The summed E-state index contributed by atoms with van der Waals surface area (Å²) >= 11 is 0. The van der Waals surface area contributed by atoms with Gasteiger partial charge in [-0.2, -0.15) is 0 Å². The van der Waals surface area contributed by atoms with E-state index in [1.54, 1.807) is 0 Å². The van der Waals surface area contributed by atoms with Crippen LogP contribution in [0.2, 0.25) is 0 Å². The quantitative estimate of drug-likeness (QED) is 0.0137. The molecule has 1 aliphatic rings. The normalized spacial score (nSPS) is 23.0. The Balaban J connectivity index is 2.57. The van der Waals surface area contributed by atoms with Crippen LogP contribution in [0.3, 0.4) is 0 Å². The fraction of sp³-hybridized carbons (Fsp3) is 0.633. The van der Waals surface area contributed by atoms with Gasteiger partial charge in [0.05, 0.1) is 12.7 Å². The summed E-state index contributed by atoms with van der Waals surface area (Å²) < 4.78 is 33.4. The number of hydrogen-bond acceptors (Lipinski definition) is 13. The first-order valence-electron chi connectivity index (χ1n) is 23.1. The maximum atomic E-state index is 12.8. The van der Waals surface area contributed by atoms with Crippen molar-refractivity contribution in [2.45, 2.75) is 185 Å². The van der Waals surface area contributed by atoms with Crippen LogP contribution in [-0.4, -0.2) is 110 Å². The van der Waals surface area contributed by atoms with Gasteiger partial charge in [0.1, 0.15) is 43.2 Å². The highest BCUT2D eigenvalue weighted by molar-refractivity contribution is 7.47. The number of phosphoric acid groups is 1.